The second kappa shape index (κ2) is 13.1. The van der Waals surface area contributed by atoms with E-state index in [1.807, 2.05) is 110 Å². The summed E-state index contributed by atoms with van der Waals surface area (Å²) in [6, 6.07) is 19.7. The van der Waals surface area contributed by atoms with Gasteiger partial charge in [-0.25, -0.2) is 9.78 Å². The van der Waals surface area contributed by atoms with E-state index in [-0.39, 0.29) is 35.9 Å². The van der Waals surface area contributed by atoms with Crippen molar-refractivity contribution < 1.29 is 19.4 Å². The highest BCUT2D eigenvalue weighted by atomic mass is 16.6. The Morgan fingerprint density at radius 3 is 2.31 bits per heavy atom. The number of fused-ring (bicyclic) bond motifs is 1. The molecule has 2 aliphatic rings. The SMILES string of the molecule is CN(C)c1ccc(-n2ccc3c(=O)n(CC4(O)CCN(C(=O)[C@@H]5CCN(C(=O)OC(C)(C)C)C[C@H]5c5ccccc5)CC4)cnc32)cc1. The van der Waals surface area contributed by atoms with Crippen LogP contribution in [0.5, 0.6) is 0 Å². The van der Waals surface area contributed by atoms with Crippen LogP contribution >= 0.6 is 0 Å². The molecule has 11 heteroatoms. The normalized spacial score (nSPS) is 19.7. The van der Waals surface area contributed by atoms with Gasteiger partial charge in [-0.1, -0.05) is 30.3 Å². The van der Waals surface area contributed by atoms with Gasteiger partial charge in [0.25, 0.3) is 5.56 Å². The minimum atomic E-state index is -1.15. The van der Waals surface area contributed by atoms with Crippen LogP contribution in [0.25, 0.3) is 16.7 Å². The van der Waals surface area contributed by atoms with Crippen molar-refractivity contribution in [3.05, 3.63) is 89.1 Å². The Kier molecular flexibility index (Phi) is 9.08. The number of likely N-dealkylation sites (tertiary alicyclic amines) is 2. The topological polar surface area (TPSA) is 113 Å². The molecule has 2 amide bonds. The third-order valence-electron chi connectivity index (χ3n) is 9.59. The van der Waals surface area contributed by atoms with Crippen LogP contribution in [0.15, 0.2) is 78.0 Å². The summed E-state index contributed by atoms with van der Waals surface area (Å²) in [6.07, 6.45) is 4.19. The van der Waals surface area contributed by atoms with E-state index >= 15 is 0 Å². The Bertz CT molecular complexity index is 1820. The highest BCUT2D eigenvalue weighted by Crippen LogP contribution is 2.36. The fraction of sp³-hybridized carbons (Fsp3) is 0.459. The van der Waals surface area contributed by atoms with Crippen LogP contribution < -0.4 is 10.5 Å². The highest BCUT2D eigenvalue weighted by Gasteiger charge is 2.42. The number of carbonyl (C=O) groups is 2. The lowest BCUT2D eigenvalue weighted by Crippen LogP contribution is -2.53. The minimum absolute atomic E-state index is 0.0370. The number of piperidine rings is 2. The van der Waals surface area contributed by atoms with Gasteiger partial charge in [0.2, 0.25) is 5.91 Å². The molecule has 2 aromatic carbocycles. The third kappa shape index (κ3) is 6.96. The number of rotatable bonds is 6. The van der Waals surface area contributed by atoms with Crippen LogP contribution in [0.3, 0.4) is 0 Å². The molecule has 2 aromatic heterocycles. The number of aromatic nitrogens is 3. The Morgan fingerprint density at radius 1 is 0.979 bits per heavy atom. The van der Waals surface area contributed by atoms with E-state index in [0.29, 0.717) is 56.5 Å². The molecule has 4 heterocycles. The van der Waals surface area contributed by atoms with Crippen molar-refractivity contribution in [2.24, 2.45) is 5.92 Å². The zero-order valence-electron chi connectivity index (χ0n) is 28.5. The second-order valence-corrected chi connectivity index (χ2v) is 14.4. The first-order valence-corrected chi connectivity index (χ1v) is 16.7. The number of aliphatic hydroxyl groups is 1. The summed E-state index contributed by atoms with van der Waals surface area (Å²) in [6.45, 7) is 7.24. The fourth-order valence-corrected chi connectivity index (χ4v) is 6.92. The Balaban J connectivity index is 1.13. The number of hydrogen-bond donors (Lipinski definition) is 1. The van der Waals surface area contributed by atoms with Gasteiger partial charge in [-0.05, 0) is 75.9 Å². The molecule has 6 rings (SSSR count). The van der Waals surface area contributed by atoms with Gasteiger partial charge in [0, 0.05) is 69.7 Å². The smallest absolute Gasteiger partial charge is 0.410 e. The van der Waals surface area contributed by atoms with Crippen LogP contribution in [0, 0.1) is 5.92 Å². The van der Waals surface area contributed by atoms with Crippen molar-refractivity contribution in [3.8, 4) is 5.69 Å². The van der Waals surface area contributed by atoms with Gasteiger partial charge in [0.1, 0.15) is 11.9 Å². The summed E-state index contributed by atoms with van der Waals surface area (Å²) >= 11 is 0. The molecule has 2 fully saturated rings. The number of carbonyl (C=O) groups excluding carboxylic acids is 2. The molecule has 0 saturated carbocycles. The molecular weight excluding hydrogens is 608 g/mol. The zero-order valence-corrected chi connectivity index (χ0v) is 28.5. The highest BCUT2D eigenvalue weighted by molar-refractivity contribution is 5.81. The van der Waals surface area contributed by atoms with Crippen LogP contribution in [-0.2, 0) is 16.1 Å². The summed E-state index contributed by atoms with van der Waals surface area (Å²) < 4.78 is 9.01. The number of ether oxygens (including phenoxy) is 1. The molecule has 2 aliphatic heterocycles. The first-order valence-electron chi connectivity index (χ1n) is 16.7. The molecule has 48 heavy (non-hydrogen) atoms. The van der Waals surface area contributed by atoms with Gasteiger partial charge in [-0.2, -0.15) is 0 Å². The van der Waals surface area contributed by atoms with E-state index in [4.69, 9.17) is 4.74 Å². The molecule has 0 aliphatic carbocycles. The van der Waals surface area contributed by atoms with Gasteiger partial charge in [-0.3, -0.25) is 14.2 Å². The molecule has 0 spiro atoms. The summed E-state index contributed by atoms with van der Waals surface area (Å²) in [7, 11) is 3.97. The van der Waals surface area contributed by atoms with Crippen LogP contribution in [0.1, 0.15) is 51.5 Å². The molecule has 0 radical (unpaired) electrons. The lowest BCUT2D eigenvalue weighted by molar-refractivity contribution is -0.142. The van der Waals surface area contributed by atoms with Gasteiger partial charge >= 0.3 is 6.09 Å². The number of benzene rings is 2. The van der Waals surface area contributed by atoms with E-state index in [1.165, 1.54) is 10.9 Å². The van der Waals surface area contributed by atoms with Crippen LogP contribution in [0.4, 0.5) is 10.5 Å². The quantitative estimate of drug-likeness (QED) is 0.322. The van der Waals surface area contributed by atoms with Crippen molar-refractivity contribution in [2.75, 3.05) is 45.2 Å². The lowest BCUT2D eigenvalue weighted by atomic mass is 9.79. The maximum Gasteiger partial charge on any atom is 0.410 e. The van der Waals surface area contributed by atoms with E-state index < -0.39 is 11.2 Å². The zero-order chi connectivity index (χ0) is 34.2. The van der Waals surface area contributed by atoms with Gasteiger partial charge in [0.15, 0.2) is 5.65 Å². The first kappa shape index (κ1) is 33.3. The van der Waals surface area contributed by atoms with Crippen molar-refractivity contribution in [2.45, 2.75) is 63.7 Å². The molecule has 2 atom stereocenters. The first-order chi connectivity index (χ1) is 22.8. The summed E-state index contributed by atoms with van der Waals surface area (Å²) in [4.78, 5) is 50.7. The van der Waals surface area contributed by atoms with Crippen molar-refractivity contribution in [1.29, 1.82) is 0 Å². The van der Waals surface area contributed by atoms with Crippen LogP contribution in [0.2, 0.25) is 0 Å². The monoisotopic (exact) mass is 654 g/mol. The molecule has 1 N–H and O–H groups in total. The van der Waals surface area contributed by atoms with Gasteiger partial charge in [-0.15, -0.1) is 0 Å². The number of anilines is 1. The minimum Gasteiger partial charge on any atom is -0.444 e. The van der Waals surface area contributed by atoms with E-state index in [1.54, 1.807) is 11.0 Å². The maximum atomic E-state index is 14.0. The van der Waals surface area contributed by atoms with Gasteiger partial charge < -0.3 is 29.1 Å². The average Bonchev–Trinajstić information content (AvgIpc) is 3.50. The Labute approximate surface area is 281 Å². The molecule has 2 saturated heterocycles. The predicted octanol–water partition coefficient (Wildman–Crippen LogP) is 4.65. The number of amides is 2. The fourth-order valence-electron chi connectivity index (χ4n) is 6.92. The van der Waals surface area contributed by atoms with E-state index in [9.17, 15) is 19.5 Å². The van der Waals surface area contributed by atoms with Crippen molar-refractivity contribution in [3.63, 3.8) is 0 Å². The standard InChI is InChI=1S/C37H46N6O5/c1-36(2,3)48-35(46)41-19-15-29(31(23-41)26-9-7-6-8-10-26)33(44)40-21-17-37(47,18-22-40)24-42-25-38-32-30(34(42)45)16-20-43(32)28-13-11-27(12-14-28)39(4)5/h6-14,16,20,25,29,31,47H,15,17-19,21-24H2,1-5H3/t29-,31+/m1/s1. The summed E-state index contributed by atoms with van der Waals surface area (Å²) in [5.41, 5.74) is 1.59. The molecule has 254 valence electrons. The lowest BCUT2D eigenvalue weighted by Gasteiger charge is -2.43. The van der Waals surface area contributed by atoms with Crippen LogP contribution in [-0.4, -0.2) is 92.5 Å². The molecule has 4 aromatic rings. The maximum absolute atomic E-state index is 14.0. The third-order valence-corrected chi connectivity index (χ3v) is 9.59. The summed E-state index contributed by atoms with van der Waals surface area (Å²) in [5.74, 6) is -0.431. The largest absolute Gasteiger partial charge is 0.444 e. The summed E-state index contributed by atoms with van der Waals surface area (Å²) in [5, 5.41) is 12.1. The van der Waals surface area contributed by atoms with Crippen molar-refractivity contribution >= 4 is 28.7 Å². The Hall–Kier alpha value is -4.64. The number of hydrogen-bond acceptors (Lipinski definition) is 7. The predicted molar refractivity (Wildman–Crippen MR) is 186 cm³/mol. The van der Waals surface area contributed by atoms with E-state index in [2.05, 4.69) is 4.98 Å². The average molecular weight is 655 g/mol. The second-order valence-electron chi connectivity index (χ2n) is 14.4. The molecule has 0 bridgehead atoms. The van der Waals surface area contributed by atoms with Crippen molar-refractivity contribution in [1.82, 2.24) is 23.9 Å². The Morgan fingerprint density at radius 2 is 1.67 bits per heavy atom. The molecule has 11 nitrogen and oxygen atoms in total. The molecular formula is C37H46N6O5. The number of nitrogens with zero attached hydrogens (tertiary/aromatic N) is 6. The van der Waals surface area contributed by atoms with Gasteiger partial charge in [0.05, 0.1) is 17.5 Å². The van der Waals surface area contributed by atoms with E-state index in [0.717, 1.165) is 16.9 Å². The molecule has 0 unspecified atom stereocenters.